The molecule has 0 aliphatic carbocycles. The molecular weight excluding hydrogens is 309 g/mol. The zero-order valence-corrected chi connectivity index (χ0v) is 12.8. The van der Waals surface area contributed by atoms with E-state index < -0.39 is 11.9 Å². The van der Waals surface area contributed by atoms with E-state index in [0.717, 1.165) is 10.2 Å². The van der Waals surface area contributed by atoms with Crippen LogP contribution in [0.5, 0.6) is 0 Å². The van der Waals surface area contributed by atoms with Crippen LogP contribution in [0.1, 0.15) is 27.2 Å². The van der Waals surface area contributed by atoms with Crippen LogP contribution in [0.15, 0.2) is 30.5 Å². The molecule has 0 saturated carbocycles. The summed E-state index contributed by atoms with van der Waals surface area (Å²) in [5.74, 6) is -0.370. The van der Waals surface area contributed by atoms with Crippen molar-refractivity contribution in [2.75, 3.05) is 7.05 Å². The third kappa shape index (κ3) is 3.89. The quantitative estimate of drug-likeness (QED) is 0.936. The predicted octanol–water partition coefficient (Wildman–Crippen LogP) is 2.17. The Hall–Kier alpha value is -2.35. The number of nitrogens with zero attached hydrogens (tertiary/aromatic N) is 3. The Labute approximate surface area is 131 Å². The summed E-state index contributed by atoms with van der Waals surface area (Å²) in [5.41, 5.74) is 5.73. The first-order chi connectivity index (χ1) is 10.7. The molecule has 0 unspecified atom stereocenters. The Kier molecular flexibility index (Phi) is 4.74. The van der Waals surface area contributed by atoms with Crippen molar-refractivity contribution in [1.82, 2.24) is 14.7 Å². The molecule has 2 N–H and O–H groups in total. The topological polar surface area (TPSA) is 64.2 Å². The highest BCUT2D eigenvalue weighted by Gasteiger charge is 2.37. The minimum absolute atomic E-state index is 0.0468. The molecule has 0 aliphatic rings. The SMILES string of the molecule is CN(Cc1cn(C)nc1C(F)(F)F)C(=O)c1ccc(CN)cc1. The number of hydrogen-bond donors (Lipinski definition) is 1. The molecule has 1 aromatic heterocycles. The fraction of sp³-hybridized carbons (Fsp3) is 0.333. The van der Waals surface area contributed by atoms with Crippen molar-refractivity contribution in [1.29, 1.82) is 0 Å². The highest BCUT2D eigenvalue weighted by molar-refractivity contribution is 5.94. The maximum atomic E-state index is 12.9. The van der Waals surface area contributed by atoms with Crippen LogP contribution >= 0.6 is 0 Å². The zero-order valence-electron chi connectivity index (χ0n) is 12.8. The van der Waals surface area contributed by atoms with Crippen molar-refractivity contribution in [2.24, 2.45) is 12.8 Å². The normalized spacial score (nSPS) is 11.6. The van der Waals surface area contributed by atoms with E-state index >= 15 is 0 Å². The number of halogens is 3. The summed E-state index contributed by atoms with van der Waals surface area (Å²) in [6.45, 7) is 0.176. The second-order valence-corrected chi connectivity index (χ2v) is 5.24. The van der Waals surface area contributed by atoms with Gasteiger partial charge >= 0.3 is 6.18 Å². The molecule has 0 atom stereocenters. The molecule has 1 heterocycles. The molecule has 8 heteroatoms. The first-order valence-electron chi connectivity index (χ1n) is 6.86. The molecule has 0 radical (unpaired) electrons. The number of carbonyl (C=O) groups excluding carboxylic acids is 1. The van der Waals surface area contributed by atoms with Gasteiger partial charge in [0.25, 0.3) is 5.91 Å². The second-order valence-electron chi connectivity index (χ2n) is 5.24. The summed E-state index contributed by atoms with van der Waals surface area (Å²) in [5, 5.41) is 3.43. The number of amides is 1. The van der Waals surface area contributed by atoms with E-state index in [1.807, 2.05) is 0 Å². The Morgan fingerprint density at radius 3 is 2.43 bits per heavy atom. The van der Waals surface area contributed by atoms with Gasteiger partial charge in [-0.1, -0.05) is 12.1 Å². The molecular formula is C15H17F3N4O. The summed E-state index contributed by atoms with van der Waals surface area (Å²) in [6.07, 6.45) is -3.28. The van der Waals surface area contributed by atoms with Gasteiger partial charge in [0, 0.05) is 44.5 Å². The van der Waals surface area contributed by atoms with Crippen LogP contribution in [-0.4, -0.2) is 27.6 Å². The number of aromatic nitrogens is 2. The van der Waals surface area contributed by atoms with E-state index in [2.05, 4.69) is 5.10 Å². The largest absolute Gasteiger partial charge is 0.435 e. The Bertz CT molecular complexity index is 692. The van der Waals surface area contributed by atoms with Gasteiger partial charge in [-0.25, -0.2) is 0 Å². The molecule has 1 aromatic carbocycles. The predicted molar refractivity (Wildman–Crippen MR) is 78.3 cm³/mol. The lowest BCUT2D eigenvalue weighted by atomic mass is 10.1. The lowest BCUT2D eigenvalue weighted by Gasteiger charge is -2.17. The van der Waals surface area contributed by atoms with Crippen molar-refractivity contribution in [3.63, 3.8) is 0 Å². The highest BCUT2D eigenvalue weighted by atomic mass is 19.4. The van der Waals surface area contributed by atoms with E-state index in [1.165, 1.54) is 25.2 Å². The number of hydrogen-bond acceptors (Lipinski definition) is 3. The molecule has 1 amide bonds. The van der Waals surface area contributed by atoms with Crippen LogP contribution in [0, 0.1) is 0 Å². The van der Waals surface area contributed by atoms with Gasteiger partial charge in [0.05, 0.1) is 0 Å². The summed E-state index contributed by atoms with van der Waals surface area (Å²) in [4.78, 5) is 13.5. The van der Waals surface area contributed by atoms with Gasteiger partial charge in [0.15, 0.2) is 5.69 Å². The Balaban J connectivity index is 2.18. The standard InChI is InChI=1S/C15H17F3N4O/c1-21(14(23)11-5-3-10(7-19)4-6-11)8-12-9-22(2)20-13(12)15(16,17)18/h3-6,9H,7-8,19H2,1-2H3. The molecule has 0 spiro atoms. The number of carbonyl (C=O) groups is 1. The van der Waals surface area contributed by atoms with Gasteiger partial charge in [-0.05, 0) is 17.7 Å². The van der Waals surface area contributed by atoms with Crippen molar-refractivity contribution in [2.45, 2.75) is 19.3 Å². The van der Waals surface area contributed by atoms with Gasteiger partial charge in [0.2, 0.25) is 0 Å². The van der Waals surface area contributed by atoms with Crippen LogP contribution in [0.2, 0.25) is 0 Å². The molecule has 2 rings (SSSR count). The minimum Gasteiger partial charge on any atom is -0.337 e. The molecule has 23 heavy (non-hydrogen) atoms. The van der Waals surface area contributed by atoms with E-state index in [4.69, 9.17) is 5.73 Å². The fourth-order valence-corrected chi connectivity index (χ4v) is 2.22. The van der Waals surface area contributed by atoms with Crippen LogP contribution < -0.4 is 5.73 Å². The number of aryl methyl sites for hydroxylation is 1. The van der Waals surface area contributed by atoms with Gasteiger partial charge < -0.3 is 10.6 Å². The first-order valence-corrected chi connectivity index (χ1v) is 6.86. The van der Waals surface area contributed by atoms with E-state index in [9.17, 15) is 18.0 Å². The summed E-state index contributed by atoms with van der Waals surface area (Å²) in [6, 6.07) is 6.64. The maximum Gasteiger partial charge on any atom is 0.435 e. The molecule has 2 aromatic rings. The van der Waals surface area contributed by atoms with Crippen molar-refractivity contribution in [3.8, 4) is 0 Å². The van der Waals surface area contributed by atoms with E-state index in [0.29, 0.717) is 12.1 Å². The number of benzene rings is 1. The molecule has 5 nitrogen and oxygen atoms in total. The Morgan fingerprint density at radius 2 is 1.91 bits per heavy atom. The van der Waals surface area contributed by atoms with Crippen molar-refractivity contribution >= 4 is 5.91 Å². The number of nitrogens with two attached hydrogens (primary N) is 1. The molecule has 0 fully saturated rings. The van der Waals surface area contributed by atoms with Gasteiger partial charge in [-0.3, -0.25) is 9.48 Å². The van der Waals surface area contributed by atoms with Crippen LogP contribution in [-0.2, 0) is 26.3 Å². The molecule has 0 saturated heterocycles. The summed E-state index contributed by atoms with van der Waals surface area (Å²) in [7, 11) is 2.86. The third-order valence-corrected chi connectivity index (χ3v) is 3.36. The molecule has 124 valence electrons. The lowest BCUT2D eigenvalue weighted by molar-refractivity contribution is -0.142. The van der Waals surface area contributed by atoms with Gasteiger partial charge in [0.1, 0.15) is 0 Å². The van der Waals surface area contributed by atoms with E-state index in [-0.39, 0.29) is 18.0 Å². The van der Waals surface area contributed by atoms with Gasteiger partial charge in [-0.15, -0.1) is 0 Å². The van der Waals surface area contributed by atoms with Crippen LogP contribution in [0.4, 0.5) is 13.2 Å². The minimum atomic E-state index is -4.55. The molecule has 0 aliphatic heterocycles. The van der Waals surface area contributed by atoms with Crippen molar-refractivity contribution < 1.29 is 18.0 Å². The Morgan fingerprint density at radius 1 is 1.30 bits per heavy atom. The lowest BCUT2D eigenvalue weighted by Crippen LogP contribution is -2.27. The third-order valence-electron chi connectivity index (χ3n) is 3.36. The highest BCUT2D eigenvalue weighted by Crippen LogP contribution is 2.31. The number of alkyl halides is 3. The zero-order chi connectivity index (χ0) is 17.2. The van der Waals surface area contributed by atoms with E-state index in [1.54, 1.807) is 24.3 Å². The van der Waals surface area contributed by atoms with Crippen LogP contribution in [0.25, 0.3) is 0 Å². The second kappa shape index (κ2) is 6.41. The molecule has 0 bridgehead atoms. The monoisotopic (exact) mass is 326 g/mol. The fourth-order valence-electron chi connectivity index (χ4n) is 2.22. The van der Waals surface area contributed by atoms with Gasteiger partial charge in [-0.2, -0.15) is 18.3 Å². The van der Waals surface area contributed by atoms with Crippen molar-refractivity contribution in [3.05, 3.63) is 52.8 Å². The first kappa shape index (κ1) is 17.0. The summed E-state index contributed by atoms with van der Waals surface area (Å²) >= 11 is 0. The number of rotatable bonds is 4. The average Bonchev–Trinajstić information content (AvgIpc) is 2.87. The average molecular weight is 326 g/mol. The van der Waals surface area contributed by atoms with Crippen LogP contribution in [0.3, 0.4) is 0 Å². The smallest absolute Gasteiger partial charge is 0.337 e. The maximum absolute atomic E-state index is 12.9. The summed E-state index contributed by atoms with van der Waals surface area (Å²) < 4.78 is 39.9.